The van der Waals surface area contributed by atoms with Crippen molar-refractivity contribution in [2.24, 2.45) is 15.7 Å². The van der Waals surface area contributed by atoms with E-state index < -0.39 is 0 Å². The van der Waals surface area contributed by atoms with Crippen LogP contribution in [0, 0.1) is 0 Å². The van der Waals surface area contributed by atoms with Gasteiger partial charge in [0.15, 0.2) is 0 Å². The van der Waals surface area contributed by atoms with E-state index in [1.165, 1.54) is 12.8 Å². The number of nitrogens with zero attached hydrogens (tertiary/aromatic N) is 2. The highest BCUT2D eigenvalue weighted by atomic mass is 16.5. The molecule has 0 radical (unpaired) electrons. The summed E-state index contributed by atoms with van der Waals surface area (Å²) in [4.78, 5) is 9.22. The van der Waals surface area contributed by atoms with Gasteiger partial charge in [0.05, 0.1) is 11.4 Å². The number of allylic oxidation sites excluding steroid dienone is 2. The van der Waals surface area contributed by atoms with E-state index >= 15 is 0 Å². The molecular formula is C18H30N4O. The molecule has 2 aliphatic rings. The lowest BCUT2D eigenvalue weighted by Gasteiger charge is -2.15. The molecule has 0 spiro atoms. The first-order chi connectivity index (χ1) is 11.2. The van der Waals surface area contributed by atoms with Crippen molar-refractivity contribution < 1.29 is 4.74 Å². The molecule has 1 heterocycles. The SMILES string of the molecule is COCCCCN=C(C=C(N)[C@@H](C)NC1CC1)C1=CCCC=N1. The summed E-state index contributed by atoms with van der Waals surface area (Å²) in [6.45, 7) is 3.67. The molecule has 0 unspecified atom stereocenters. The number of methoxy groups -OCH3 is 1. The van der Waals surface area contributed by atoms with Gasteiger partial charge in [0, 0.05) is 44.3 Å². The average Bonchev–Trinajstić information content (AvgIpc) is 3.38. The van der Waals surface area contributed by atoms with Gasteiger partial charge < -0.3 is 15.8 Å². The minimum Gasteiger partial charge on any atom is -0.401 e. The molecule has 0 aromatic carbocycles. The standard InChI is InChI=1S/C18H30N4O/c1-14(22-15-8-9-15)16(19)13-18(17-7-3-4-10-20-17)21-11-5-6-12-23-2/h7,10,13-15,22H,3-6,8-9,11-12,19H2,1-2H3/t14-/m1/s1. The van der Waals surface area contributed by atoms with Crippen molar-refractivity contribution in [3.8, 4) is 0 Å². The van der Waals surface area contributed by atoms with E-state index in [0.29, 0.717) is 6.04 Å². The van der Waals surface area contributed by atoms with Crippen LogP contribution in [0.25, 0.3) is 0 Å². The molecule has 23 heavy (non-hydrogen) atoms. The number of rotatable bonds is 10. The molecular weight excluding hydrogens is 288 g/mol. The van der Waals surface area contributed by atoms with Crippen LogP contribution in [-0.4, -0.2) is 44.3 Å². The zero-order chi connectivity index (χ0) is 16.5. The number of ether oxygens (including phenoxy) is 1. The van der Waals surface area contributed by atoms with Crippen LogP contribution in [0.3, 0.4) is 0 Å². The van der Waals surface area contributed by atoms with E-state index in [-0.39, 0.29) is 6.04 Å². The molecule has 0 bridgehead atoms. The Bertz CT molecular complexity index is 489. The summed E-state index contributed by atoms with van der Waals surface area (Å²) < 4.78 is 5.08. The zero-order valence-corrected chi connectivity index (χ0v) is 14.4. The minimum atomic E-state index is 0.175. The van der Waals surface area contributed by atoms with Crippen molar-refractivity contribution in [3.63, 3.8) is 0 Å². The Kier molecular flexibility index (Phi) is 7.49. The highest BCUT2D eigenvalue weighted by molar-refractivity contribution is 6.09. The maximum atomic E-state index is 6.27. The van der Waals surface area contributed by atoms with Crippen molar-refractivity contribution in [2.45, 2.75) is 57.5 Å². The van der Waals surface area contributed by atoms with Gasteiger partial charge in [-0.1, -0.05) is 6.08 Å². The number of hydrogen-bond acceptors (Lipinski definition) is 5. The molecule has 5 heteroatoms. The third-order valence-corrected chi connectivity index (χ3v) is 4.03. The Morgan fingerprint density at radius 3 is 2.96 bits per heavy atom. The van der Waals surface area contributed by atoms with Gasteiger partial charge in [0.2, 0.25) is 0 Å². The smallest absolute Gasteiger partial charge is 0.0845 e. The van der Waals surface area contributed by atoms with Crippen LogP contribution in [0.1, 0.15) is 45.4 Å². The van der Waals surface area contributed by atoms with Gasteiger partial charge >= 0.3 is 0 Å². The van der Waals surface area contributed by atoms with E-state index in [4.69, 9.17) is 15.5 Å². The summed E-state index contributed by atoms with van der Waals surface area (Å²) in [6, 6.07) is 0.813. The fourth-order valence-electron chi connectivity index (χ4n) is 2.42. The molecule has 3 N–H and O–H groups in total. The summed E-state index contributed by atoms with van der Waals surface area (Å²) >= 11 is 0. The van der Waals surface area contributed by atoms with Crippen LogP contribution in [0.4, 0.5) is 0 Å². The molecule has 1 aliphatic carbocycles. The van der Waals surface area contributed by atoms with Crippen LogP contribution < -0.4 is 11.1 Å². The molecule has 128 valence electrons. The minimum absolute atomic E-state index is 0.175. The van der Waals surface area contributed by atoms with Crippen molar-refractivity contribution in [2.75, 3.05) is 20.3 Å². The molecule has 1 fully saturated rings. The molecule has 0 amide bonds. The van der Waals surface area contributed by atoms with Crippen molar-refractivity contribution in [1.29, 1.82) is 0 Å². The van der Waals surface area contributed by atoms with Gasteiger partial charge in [-0.15, -0.1) is 0 Å². The molecule has 5 nitrogen and oxygen atoms in total. The fraction of sp³-hybridized carbons (Fsp3) is 0.667. The molecule has 1 atom stereocenters. The third kappa shape index (κ3) is 6.67. The normalized spacial score (nSPS) is 20.5. The maximum absolute atomic E-state index is 6.27. The Hall–Kier alpha value is -1.46. The first-order valence-electron chi connectivity index (χ1n) is 8.70. The van der Waals surface area contributed by atoms with E-state index in [9.17, 15) is 0 Å². The molecule has 1 aliphatic heterocycles. The van der Waals surface area contributed by atoms with E-state index in [1.807, 2.05) is 12.3 Å². The Labute approximate surface area is 139 Å². The number of unbranched alkanes of at least 4 members (excludes halogenated alkanes) is 1. The van der Waals surface area contributed by atoms with Crippen LogP contribution >= 0.6 is 0 Å². The van der Waals surface area contributed by atoms with Crippen LogP contribution in [0.15, 0.2) is 33.5 Å². The monoisotopic (exact) mass is 318 g/mol. The summed E-state index contributed by atoms with van der Waals surface area (Å²) in [5, 5.41) is 3.52. The summed E-state index contributed by atoms with van der Waals surface area (Å²) in [5.74, 6) is 0. The number of nitrogens with one attached hydrogen (secondary N) is 1. The molecule has 0 aromatic rings. The van der Waals surface area contributed by atoms with Crippen LogP contribution in [0.5, 0.6) is 0 Å². The zero-order valence-electron chi connectivity index (χ0n) is 14.4. The van der Waals surface area contributed by atoms with Crippen LogP contribution in [0.2, 0.25) is 0 Å². The summed E-state index contributed by atoms with van der Waals surface area (Å²) in [5.41, 5.74) is 8.95. The molecule has 2 rings (SSSR count). The van der Waals surface area contributed by atoms with Gasteiger partial charge in [0.1, 0.15) is 0 Å². The van der Waals surface area contributed by atoms with Gasteiger partial charge in [-0.25, -0.2) is 0 Å². The van der Waals surface area contributed by atoms with Crippen molar-refractivity contribution >= 4 is 11.9 Å². The fourth-order valence-corrected chi connectivity index (χ4v) is 2.42. The predicted octanol–water partition coefficient (Wildman–Crippen LogP) is 2.59. The maximum Gasteiger partial charge on any atom is 0.0845 e. The lowest BCUT2D eigenvalue weighted by atomic mass is 10.1. The van der Waals surface area contributed by atoms with Crippen molar-refractivity contribution in [3.05, 3.63) is 23.5 Å². The second-order valence-corrected chi connectivity index (χ2v) is 6.25. The number of aliphatic imine (C=N–C) groups is 2. The average molecular weight is 318 g/mol. The summed E-state index contributed by atoms with van der Waals surface area (Å²) in [6.07, 6.45) is 12.7. The highest BCUT2D eigenvalue weighted by Crippen LogP contribution is 2.20. The van der Waals surface area contributed by atoms with Gasteiger partial charge in [-0.3, -0.25) is 9.98 Å². The van der Waals surface area contributed by atoms with Gasteiger partial charge in [-0.05, 0) is 51.5 Å². The lowest BCUT2D eigenvalue weighted by Crippen LogP contribution is -2.33. The van der Waals surface area contributed by atoms with Crippen molar-refractivity contribution in [1.82, 2.24) is 5.32 Å². The first kappa shape index (κ1) is 17.9. The second-order valence-electron chi connectivity index (χ2n) is 6.25. The topological polar surface area (TPSA) is 72.0 Å². The quantitative estimate of drug-likeness (QED) is 0.480. The first-order valence-corrected chi connectivity index (χ1v) is 8.70. The lowest BCUT2D eigenvalue weighted by molar-refractivity contribution is 0.193. The molecule has 0 saturated heterocycles. The highest BCUT2D eigenvalue weighted by Gasteiger charge is 2.23. The summed E-state index contributed by atoms with van der Waals surface area (Å²) in [7, 11) is 1.73. The Balaban J connectivity index is 2.00. The second kappa shape index (κ2) is 9.63. The number of nitrogens with two attached hydrogens (primary N) is 1. The van der Waals surface area contributed by atoms with E-state index in [2.05, 4.69) is 23.3 Å². The third-order valence-electron chi connectivity index (χ3n) is 4.03. The molecule has 0 aromatic heterocycles. The largest absolute Gasteiger partial charge is 0.401 e. The van der Waals surface area contributed by atoms with Crippen LogP contribution in [-0.2, 0) is 4.74 Å². The predicted molar refractivity (Wildman–Crippen MR) is 97.1 cm³/mol. The number of hydrogen-bond donors (Lipinski definition) is 2. The Morgan fingerprint density at radius 1 is 1.48 bits per heavy atom. The molecule has 1 saturated carbocycles. The van der Waals surface area contributed by atoms with Gasteiger partial charge in [0.25, 0.3) is 0 Å². The van der Waals surface area contributed by atoms with E-state index in [1.54, 1.807) is 7.11 Å². The van der Waals surface area contributed by atoms with E-state index in [0.717, 1.165) is 55.9 Å². The van der Waals surface area contributed by atoms with Gasteiger partial charge in [-0.2, -0.15) is 0 Å². The Morgan fingerprint density at radius 2 is 2.30 bits per heavy atom.